The van der Waals surface area contributed by atoms with Crippen LogP contribution < -0.4 is 4.90 Å². The lowest BCUT2D eigenvalue weighted by atomic mass is 10.2. The fourth-order valence-corrected chi connectivity index (χ4v) is 3.72. The fourth-order valence-electron chi connectivity index (χ4n) is 2.31. The van der Waals surface area contributed by atoms with Crippen LogP contribution >= 0.6 is 33.9 Å². The van der Waals surface area contributed by atoms with Crippen LogP contribution in [-0.2, 0) is 16.1 Å². The van der Waals surface area contributed by atoms with Crippen LogP contribution in [-0.4, -0.2) is 16.9 Å². The summed E-state index contributed by atoms with van der Waals surface area (Å²) in [6.07, 6.45) is 0. The number of hydrogen-bond acceptors (Lipinski definition) is 5. The van der Waals surface area contributed by atoms with E-state index in [4.69, 9.17) is 4.74 Å². The summed E-state index contributed by atoms with van der Waals surface area (Å²) in [5.41, 5.74) is 1.85. The SMILES string of the molecule is CC(=O)N(c1ccccc1)c1nc(COC(=O)c2cccc(I)c2)cs1. The number of benzene rings is 2. The van der Waals surface area contributed by atoms with Gasteiger partial charge in [-0.25, -0.2) is 9.78 Å². The smallest absolute Gasteiger partial charge is 0.338 e. The first-order valence-electron chi connectivity index (χ1n) is 7.77. The summed E-state index contributed by atoms with van der Waals surface area (Å²) < 4.78 is 6.29. The third-order valence-corrected chi connectivity index (χ3v) is 5.02. The summed E-state index contributed by atoms with van der Waals surface area (Å²) in [6.45, 7) is 1.55. The molecule has 0 unspecified atom stereocenters. The van der Waals surface area contributed by atoms with Gasteiger partial charge in [0.25, 0.3) is 0 Å². The molecule has 0 aliphatic carbocycles. The van der Waals surface area contributed by atoms with E-state index in [2.05, 4.69) is 27.6 Å². The largest absolute Gasteiger partial charge is 0.456 e. The van der Waals surface area contributed by atoms with Crippen LogP contribution in [0.25, 0.3) is 0 Å². The quantitative estimate of drug-likeness (QED) is 0.391. The number of hydrogen-bond donors (Lipinski definition) is 0. The van der Waals surface area contributed by atoms with E-state index in [1.54, 1.807) is 17.5 Å². The predicted molar refractivity (Wildman–Crippen MR) is 110 cm³/mol. The van der Waals surface area contributed by atoms with E-state index >= 15 is 0 Å². The third-order valence-electron chi connectivity index (χ3n) is 3.47. The van der Waals surface area contributed by atoms with E-state index in [1.807, 2.05) is 42.5 Å². The molecule has 2 aromatic carbocycles. The predicted octanol–water partition coefficient (Wildman–Crippen LogP) is 4.79. The lowest BCUT2D eigenvalue weighted by Gasteiger charge is -2.17. The molecular formula is C19H15IN2O3S. The number of para-hydroxylation sites is 1. The number of anilines is 2. The van der Waals surface area contributed by atoms with Gasteiger partial charge in [0.15, 0.2) is 5.13 Å². The number of nitrogens with zero attached hydrogens (tertiary/aromatic N) is 2. The lowest BCUT2D eigenvalue weighted by molar-refractivity contribution is -0.115. The van der Waals surface area contributed by atoms with Crippen molar-refractivity contribution in [3.63, 3.8) is 0 Å². The van der Waals surface area contributed by atoms with Crippen LogP contribution in [0.2, 0.25) is 0 Å². The lowest BCUT2D eigenvalue weighted by Crippen LogP contribution is -2.22. The molecule has 26 heavy (non-hydrogen) atoms. The zero-order valence-electron chi connectivity index (χ0n) is 13.9. The summed E-state index contributed by atoms with van der Waals surface area (Å²) in [5.74, 6) is -0.530. The van der Waals surface area contributed by atoms with Gasteiger partial charge >= 0.3 is 5.97 Å². The van der Waals surface area contributed by atoms with Gasteiger partial charge in [-0.1, -0.05) is 24.3 Å². The molecule has 1 heterocycles. The highest BCUT2D eigenvalue weighted by atomic mass is 127. The fraction of sp³-hybridized carbons (Fsp3) is 0.105. The first kappa shape index (κ1) is 18.5. The van der Waals surface area contributed by atoms with E-state index in [9.17, 15) is 9.59 Å². The average molecular weight is 478 g/mol. The van der Waals surface area contributed by atoms with Crippen LogP contribution in [0.3, 0.4) is 0 Å². The second-order valence-corrected chi connectivity index (χ2v) is 7.48. The zero-order chi connectivity index (χ0) is 18.5. The maximum atomic E-state index is 12.1. The Bertz CT molecular complexity index is 927. The maximum absolute atomic E-state index is 12.1. The van der Waals surface area contributed by atoms with Crippen molar-refractivity contribution in [3.8, 4) is 0 Å². The number of esters is 1. The van der Waals surface area contributed by atoms with Crippen molar-refractivity contribution < 1.29 is 14.3 Å². The Morgan fingerprint density at radius 2 is 1.92 bits per heavy atom. The van der Waals surface area contributed by atoms with Crippen molar-refractivity contribution in [1.82, 2.24) is 4.98 Å². The van der Waals surface area contributed by atoms with Crippen molar-refractivity contribution in [2.24, 2.45) is 0 Å². The van der Waals surface area contributed by atoms with Crippen molar-refractivity contribution >= 4 is 56.6 Å². The number of rotatable bonds is 5. The molecule has 1 aromatic heterocycles. The number of carbonyl (C=O) groups excluding carboxylic acids is 2. The van der Waals surface area contributed by atoms with E-state index in [-0.39, 0.29) is 12.5 Å². The molecule has 0 saturated heterocycles. The molecule has 5 nitrogen and oxygen atoms in total. The standard InChI is InChI=1S/C19H15IN2O3S/c1-13(23)22(17-8-3-2-4-9-17)19-21-16(12-26-19)11-25-18(24)14-6-5-7-15(20)10-14/h2-10,12H,11H2,1H3. The Morgan fingerprint density at radius 1 is 1.15 bits per heavy atom. The van der Waals surface area contributed by atoms with Gasteiger partial charge in [0, 0.05) is 15.9 Å². The average Bonchev–Trinajstić information content (AvgIpc) is 3.09. The number of halogens is 1. The summed E-state index contributed by atoms with van der Waals surface area (Å²) in [7, 11) is 0. The van der Waals surface area contributed by atoms with E-state index < -0.39 is 5.97 Å². The van der Waals surface area contributed by atoms with Crippen LogP contribution in [0.1, 0.15) is 23.0 Å². The first-order chi connectivity index (χ1) is 12.5. The molecule has 0 atom stereocenters. The van der Waals surface area contributed by atoms with Crippen LogP contribution in [0.4, 0.5) is 10.8 Å². The van der Waals surface area contributed by atoms with E-state index in [1.165, 1.54) is 23.2 Å². The Morgan fingerprint density at radius 3 is 2.62 bits per heavy atom. The zero-order valence-corrected chi connectivity index (χ0v) is 16.9. The Labute approximate surface area is 168 Å². The van der Waals surface area contributed by atoms with Gasteiger partial charge in [0.05, 0.1) is 16.9 Å². The molecule has 0 radical (unpaired) electrons. The molecule has 0 spiro atoms. The molecule has 0 aliphatic rings. The number of carbonyl (C=O) groups is 2. The molecule has 0 saturated carbocycles. The van der Waals surface area contributed by atoms with Crippen LogP contribution in [0.5, 0.6) is 0 Å². The summed E-state index contributed by atoms with van der Waals surface area (Å²) in [5, 5.41) is 2.33. The minimum atomic E-state index is -0.399. The highest BCUT2D eigenvalue weighted by Crippen LogP contribution is 2.28. The van der Waals surface area contributed by atoms with Gasteiger partial charge in [0.1, 0.15) is 6.61 Å². The highest BCUT2D eigenvalue weighted by Gasteiger charge is 2.18. The molecule has 3 aromatic rings. The topological polar surface area (TPSA) is 59.5 Å². The first-order valence-corrected chi connectivity index (χ1v) is 9.73. The molecular weight excluding hydrogens is 463 g/mol. The Balaban J connectivity index is 1.71. The molecule has 132 valence electrons. The Kier molecular flexibility index (Phi) is 6.00. The molecule has 1 amide bonds. The van der Waals surface area contributed by atoms with Crippen molar-refractivity contribution in [1.29, 1.82) is 0 Å². The number of aromatic nitrogens is 1. The number of ether oxygens (including phenoxy) is 1. The van der Waals surface area contributed by atoms with Gasteiger partial charge < -0.3 is 4.74 Å². The summed E-state index contributed by atoms with van der Waals surface area (Å²) in [6, 6.07) is 16.5. The third kappa shape index (κ3) is 4.47. The number of thiazole rings is 1. The van der Waals surface area contributed by atoms with Crippen molar-refractivity contribution in [2.45, 2.75) is 13.5 Å². The van der Waals surface area contributed by atoms with Crippen molar-refractivity contribution in [3.05, 3.63) is 74.8 Å². The van der Waals surface area contributed by atoms with E-state index in [0.717, 1.165) is 9.26 Å². The maximum Gasteiger partial charge on any atom is 0.338 e. The molecule has 0 bridgehead atoms. The molecule has 7 heteroatoms. The molecule has 0 N–H and O–H groups in total. The molecule has 3 rings (SSSR count). The minimum absolute atomic E-state index is 0.0569. The highest BCUT2D eigenvalue weighted by molar-refractivity contribution is 14.1. The van der Waals surface area contributed by atoms with Gasteiger partial charge in [-0.05, 0) is 52.9 Å². The van der Waals surface area contributed by atoms with Gasteiger partial charge in [0.2, 0.25) is 5.91 Å². The Hall–Kier alpha value is -2.26. The number of amides is 1. The normalized spacial score (nSPS) is 10.4. The second-order valence-electron chi connectivity index (χ2n) is 5.40. The van der Waals surface area contributed by atoms with Gasteiger partial charge in [-0.3, -0.25) is 9.69 Å². The van der Waals surface area contributed by atoms with Crippen LogP contribution in [0, 0.1) is 3.57 Å². The summed E-state index contributed by atoms with van der Waals surface area (Å²) >= 11 is 3.48. The minimum Gasteiger partial charge on any atom is -0.456 e. The van der Waals surface area contributed by atoms with Gasteiger partial charge in [-0.2, -0.15) is 0 Å². The monoisotopic (exact) mass is 478 g/mol. The van der Waals surface area contributed by atoms with Crippen LogP contribution in [0.15, 0.2) is 60.0 Å². The summed E-state index contributed by atoms with van der Waals surface area (Å²) in [4.78, 5) is 30.1. The van der Waals surface area contributed by atoms with Crippen molar-refractivity contribution in [2.75, 3.05) is 4.90 Å². The van der Waals surface area contributed by atoms with Gasteiger partial charge in [-0.15, -0.1) is 11.3 Å². The second kappa shape index (κ2) is 8.41. The molecule has 0 aliphatic heterocycles. The van der Waals surface area contributed by atoms with E-state index in [0.29, 0.717) is 16.4 Å². The molecule has 0 fully saturated rings.